The van der Waals surface area contributed by atoms with Crippen molar-refractivity contribution in [2.75, 3.05) is 0 Å². The lowest BCUT2D eigenvalue weighted by Crippen LogP contribution is -2.06. The molecule has 0 radical (unpaired) electrons. The first kappa shape index (κ1) is 14.2. The van der Waals surface area contributed by atoms with E-state index in [4.69, 9.17) is 23.2 Å². The molecule has 3 rings (SSSR count). The highest BCUT2D eigenvalue weighted by molar-refractivity contribution is 6.39. The van der Waals surface area contributed by atoms with Crippen LogP contribution in [-0.4, -0.2) is 9.38 Å². The number of alkyl halides is 3. The van der Waals surface area contributed by atoms with E-state index in [1.807, 2.05) is 0 Å². The molecule has 0 unspecified atom stereocenters. The largest absolute Gasteiger partial charge is 0.417 e. The molecular formula is C14H7Cl2F3N2. The van der Waals surface area contributed by atoms with Crippen molar-refractivity contribution >= 4 is 28.7 Å². The van der Waals surface area contributed by atoms with E-state index < -0.39 is 11.7 Å². The first-order valence-electron chi connectivity index (χ1n) is 5.86. The molecule has 0 fully saturated rings. The number of benzene rings is 1. The van der Waals surface area contributed by atoms with Gasteiger partial charge in [0, 0.05) is 6.20 Å². The van der Waals surface area contributed by atoms with Gasteiger partial charge in [0.05, 0.1) is 32.9 Å². The van der Waals surface area contributed by atoms with E-state index >= 15 is 0 Å². The number of nitrogens with zero attached hydrogens (tertiary/aromatic N) is 2. The maximum Gasteiger partial charge on any atom is 0.417 e. The van der Waals surface area contributed by atoms with Gasteiger partial charge in [-0.2, -0.15) is 13.2 Å². The molecule has 108 valence electrons. The standard InChI is InChI=1S/C14H7Cl2F3N2/c15-10-2-1-3-11(16)12(10)13-20-6-9-5-4-8(7-21(9)13)14(17,18)19/h1-7H. The molecule has 0 spiro atoms. The molecule has 0 saturated carbocycles. The summed E-state index contributed by atoms with van der Waals surface area (Å²) in [5.41, 5.74) is 0.159. The van der Waals surface area contributed by atoms with Crippen LogP contribution in [0.4, 0.5) is 13.2 Å². The Labute approximate surface area is 127 Å². The summed E-state index contributed by atoms with van der Waals surface area (Å²) in [7, 11) is 0. The lowest BCUT2D eigenvalue weighted by atomic mass is 10.2. The topological polar surface area (TPSA) is 17.3 Å². The van der Waals surface area contributed by atoms with E-state index in [-0.39, 0.29) is 5.82 Å². The van der Waals surface area contributed by atoms with E-state index in [2.05, 4.69) is 4.98 Å². The van der Waals surface area contributed by atoms with E-state index in [1.54, 1.807) is 18.2 Å². The van der Waals surface area contributed by atoms with Gasteiger partial charge in [0.15, 0.2) is 0 Å². The molecule has 2 heterocycles. The van der Waals surface area contributed by atoms with Gasteiger partial charge in [-0.15, -0.1) is 0 Å². The Kier molecular flexibility index (Phi) is 3.34. The number of hydrogen-bond donors (Lipinski definition) is 0. The average molecular weight is 331 g/mol. The number of halogens is 5. The Bertz CT molecular complexity index is 804. The molecule has 0 aliphatic heterocycles. The second-order valence-electron chi connectivity index (χ2n) is 4.39. The monoisotopic (exact) mass is 330 g/mol. The van der Waals surface area contributed by atoms with E-state index in [0.717, 1.165) is 12.3 Å². The van der Waals surface area contributed by atoms with Gasteiger partial charge in [-0.05, 0) is 24.3 Å². The molecule has 0 bridgehead atoms. The van der Waals surface area contributed by atoms with Crippen LogP contribution in [0.3, 0.4) is 0 Å². The summed E-state index contributed by atoms with van der Waals surface area (Å²) in [4.78, 5) is 4.14. The molecule has 1 aromatic carbocycles. The molecule has 2 aromatic heterocycles. The second kappa shape index (κ2) is 4.93. The molecular weight excluding hydrogens is 324 g/mol. The highest BCUT2D eigenvalue weighted by Gasteiger charge is 2.31. The van der Waals surface area contributed by atoms with Crippen molar-refractivity contribution in [2.45, 2.75) is 6.18 Å². The van der Waals surface area contributed by atoms with Crippen molar-refractivity contribution < 1.29 is 13.2 Å². The van der Waals surface area contributed by atoms with Crippen LogP contribution in [0.15, 0.2) is 42.7 Å². The fourth-order valence-corrected chi connectivity index (χ4v) is 2.62. The van der Waals surface area contributed by atoms with Gasteiger partial charge < -0.3 is 0 Å². The Morgan fingerprint density at radius 1 is 1.00 bits per heavy atom. The number of rotatable bonds is 1. The molecule has 21 heavy (non-hydrogen) atoms. The van der Waals surface area contributed by atoms with Crippen LogP contribution in [0.25, 0.3) is 16.9 Å². The summed E-state index contributed by atoms with van der Waals surface area (Å²) in [6.45, 7) is 0. The molecule has 0 atom stereocenters. The molecule has 2 nitrogen and oxygen atoms in total. The first-order chi connectivity index (χ1) is 9.88. The highest BCUT2D eigenvalue weighted by atomic mass is 35.5. The van der Waals surface area contributed by atoms with Gasteiger partial charge >= 0.3 is 6.18 Å². The lowest BCUT2D eigenvalue weighted by Gasteiger charge is -2.09. The molecule has 0 N–H and O–H groups in total. The Morgan fingerprint density at radius 3 is 2.29 bits per heavy atom. The predicted molar refractivity (Wildman–Crippen MR) is 75.7 cm³/mol. The smallest absolute Gasteiger partial charge is 0.299 e. The zero-order valence-corrected chi connectivity index (χ0v) is 11.8. The molecule has 0 aliphatic rings. The lowest BCUT2D eigenvalue weighted by molar-refractivity contribution is -0.137. The Hall–Kier alpha value is -1.72. The highest BCUT2D eigenvalue weighted by Crippen LogP contribution is 2.35. The first-order valence-corrected chi connectivity index (χ1v) is 6.62. The van der Waals surface area contributed by atoms with Gasteiger partial charge in [0.1, 0.15) is 5.82 Å². The minimum Gasteiger partial charge on any atom is -0.299 e. The third-order valence-electron chi connectivity index (χ3n) is 3.04. The van der Waals surface area contributed by atoms with Gasteiger partial charge in [-0.25, -0.2) is 4.98 Å². The van der Waals surface area contributed by atoms with Crippen molar-refractivity contribution in [3.8, 4) is 11.4 Å². The van der Waals surface area contributed by atoms with Gasteiger partial charge in [-0.1, -0.05) is 29.3 Å². The van der Waals surface area contributed by atoms with Crippen molar-refractivity contribution in [3.05, 3.63) is 58.3 Å². The molecule has 0 amide bonds. The summed E-state index contributed by atoms with van der Waals surface area (Å²) in [5.74, 6) is 0.270. The van der Waals surface area contributed by atoms with Crippen molar-refractivity contribution in [3.63, 3.8) is 0 Å². The van der Waals surface area contributed by atoms with Crippen LogP contribution < -0.4 is 0 Å². The summed E-state index contributed by atoms with van der Waals surface area (Å²) >= 11 is 12.2. The second-order valence-corrected chi connectivity index (χ2v) is 5.20. The van der Waals surface area contributed by atoms with Crippen LogP contribution >= 0.6 is 23.2 Å². The van der Waals surface area contributed by atoms with Crippen LogP contribution in [0, 0.1) is 0 Å². The summed E-state index contributed by atoms with van der Waals surface area (Å²) in [5, 5.41) is 0.653. The van der Waals surface area contributed by atoms with Crippen LogP contribution in [-0.2, 0) is 6.18 Å². The third kappa shape index (κ3) is 2.47. The Morgan fingerprint density at radius 2 is 1.67 bits per heavy atom. The number of fused-ring (bicyclic) bond motifs is 1. The average Bonchev–Trinajstić information content (AvgIpc) is 2.81. The van der Waals surface area contributed by atoms with Gasteiger partial charge in [0.2, 0.25) is 0 Å². The van der Waals surface area contributed by atoms with E-state index in [9.17, 15) is 13.2 Å². The molecule has 3 aromatic rings. The van der Waals surface area contributed by atoms with E-state index in [0.29, 0.717) is 21.1 Å². The normalized spacial score (nSPS) is 12.0. The minimum atomic E-state index is -4.43. The minimum absolute atomic E-state index is 0.270. The van der Waals surface area contributed by atoms with Crippen LogP contribution in [0.1, 0.15) is 5.56 Å². The van der Waals surface area contributed by atoms with E-state index in [1.165, 1.54) is 16.7 Å². The fraction of sp³-hybridized carbons (Fsp3) is 0.0714. The summed E-state index contributed by atoms with van der Waals surface area (Å²) < 4.78 is 39.8. The SMILES string of the molecule is FC(F)(F)c1ccc2cnc(-c3c(Cl)cccc3Cl)n2c1. The summed E-state index contributed by atoms with van der Waals surface area (Å²) in [6, 6.07) is 7.24. The fourth-order valence-electron chi connectivity index (χ4n) is 2.05. The van der Waals surface area contributed by atoms with Gasteiger partial charge in [-0.3, -0.25) is 4.40 Å². The quantitative estimate of drug-likeness (QED) is 0.589. The predicted octanol–water partition coefficient (Wildman–Crippen LogP) is 5.33. The molecule has 0 aliphatic carbocycles. The number of pyridine rings is 1. The van der Waals surface area contributed by atoms with Crippen LogP contribution in [0.2, 0.25) is 10.0 Å². The zero-order chi connectivity index (χ0) is 15.2. The third-order valence-corrected chi connectivity index (χ3v) is 3.67. The summed E-state index contributed by atoms with van der Waals surface area (Å²) in [6.07, 6.45) is -1.98. The van der Waals surface area contributed by atoms with Crippen molar-refractivity contribution in [2.24, 2.45) is 0 Å². The number of aromatic nitrogens is 2. The number of hydrogen-bond acceptors (Lipinski definition) is 1. The van der Waals surface area contributed by atoms with Crippen molar-refractivity contribution in [1.29, 1.82) is 0 Å². The zero-order valence-electron chi connectivity index (χ0n) is 10.3. The molecule has 7 heteroatoms. The number of imidazole rings is 1. The Balaban J connectivity index is 2.29. The van der Waals surface area contributed by atoms with Crippen LogP contribution in [0.5, 0.6) is 0 Å². The molecule has 0 saturated heterocycles. The van der Waals surface area contributed by atoms with Crippen molar-refractivity contribution in [1.82, 2.24) is 9.38 Å². The maximum absolute atomic E-state index is 12.8. The van der Waals surface area contributed by atoms with Gasteiger partial charge in [0.25, 0.3) is 0 Å². The maximum atomic E-state index is 12.8.